The van der Waals surface area contributed by atoms with Gasteiger partial charge in [0.1, 0.15) is 18.2 Å². The molecule has 0 radical (unpaired) electrons. The molecule has 0 bridgehead atoms. The molecule has 2 N–H and O–H groups in total. The Morgan fingerprint density at radius 3 is 2.26 bits per heavy atom. The highest BCUT2D eigenvalue weighted by Crippen LogP contribution is 2.26. The van der Waals surface area contributed by atoms with Crippen LogP contribution in [-0.4, -0.2) is 47.0 Å². The topological polar surface area (TPSA) is 87.7 Å². The van der Waals surface area contributed by atoms with Crippen LogP contribution in [0.3, 0.4) is 0 Å². The summed E-state index contributed by atoms with van der Waals surface area (Å²) in [4.78, 5) is 40.5. The van der Waals surface area contributed by atoms with Gasteiger partial charge in [-0.05, 0) is 59.6 Å². The minimum absolute atomic E-state index is 0.291. The molecule has 7 nitrogen and oxygen atoms in total. The maximum atomic E-state index is 13.5. The van der Waals surface area contributed by atoms with Crippen LogP contribution in [0.1, 0.15) is 91.3 Å². The molecular weight excluding hydrogens is 430 g/mol. The number of hydrogen-bond donors (Lipinski definition) is 2. The van der Waals surface area contributed by atoms with E-state index in [0.29, 0.717) is 17.7 Å². The number of nitrogens with one attached hydrogen (secondary N) is 2. The SMILES string of the molecule is C#Cc1ccccc1C(C(=O)NC(C)(C)C)N(CCCCCC)C(=O)CNC(=O)OC(C)(C)C. The number of unbranched alkanes of at least 4 members (excludes halogenated alkanes) is 3. The van der Waals surface area contributed by atoms with Crippen LogP contribution in [0.5, 0.6) is 0 Å². The third-order valence-corrected chi connectivity index (χ3v) is 4.82. The summed E-state index contributed by atoms with van der Waals surface area (Å²) in [6.07, 6.45) is 8.76. The van der Waals surface area contributed by atoms with Gasteiger partial charge in [0.15, 0.2) is 0 Å². The van der Waals surface area contributed by atoms with Crippen LogP contribution in [0.25, 0.3) is 0 Å². The highest BCUT2D eigenvalue weighted by atomic mass is 16.6. The molecule has 0 saturated carbocycles. The lowest BCUT2D eigenvalue weighted by Crippen LogP contribution is -2.51. The number of amides is 3. The van der Waals surface area contributed by atoms with Crippen molar-refractivity contribution in [2.45, 2.75) is 91.3 Å². The molecule has 1 rings (SSSR count). The molecule has 0 saturated heterocycles. The number of hydrogen-bond acceptors (Lipinski definition) is 4. The van der Waals surface area contributed by atoms with E-state index in [1.54, 1.807) is 45.0 Å². The molecule has 0 spiro atoms. The summed E-state index contributed by atoms with van der Waals surface area (Å²) in [5, 5.41) is 5.51. The fourth-order valence-corrected chi connectivity index (χ4v) is 3.43. The molecule has 0 aliphatic heterocycles. The van der Waals surface area contributed by atoms with Crippen LogP contribution in [0.15, 0.2) is 24.3 Å². The first-order valence-electron chi connectivity index (χ1n) is 11.9. The Labute approximate surface area is 205 Å². The first-order valence-corrected chi connectivity index (χ1v) is 11.9. The van der Waals surface area contributed by atoms with Crippen LogP contribution in [-0.2, 0) is 14.3 Å². The third-order valence-electron chi connectivity index (χ3n) is 4.82. The van der Waals surface area contributed by atoms with E-state index in [1.807, 2.05) is 20.8 Å². The number of rotatable bonds is 10. The van der Waals surface area contributed by atoms with Crippen LogP contribution < -0.4 is 10.6 Å². The predicted octanol–water partition coefficient (Wildman–Crippen LogP) is 4.56. The molecule has 0 aromatic heterocycles. The van der Waals surface area contributed by atoms with Crippen molar-refractivity contribution in [1.29, 1.82) is 0 Å². The molecule has 1 aromatic carbocycles. The highest BCUT2D eigenvalue weighted by Gasteiger charge is 2.34. The van der Waals surface area contributed by atoms with Crippen molar-refractivity contribution in [1.82, 2.24) is 15.5 Å². The van der Waals surface area contributed by atoms with Gasteiger partial charge in [-0.2, -0.15) is 0 Å². The zero-order chi connectivity index (χ0) is 25.9. The van der Waals surface area contributed by atoms with Crippen LogP contribution in [0.4, 0.5) is 4.79 Å². The van der Waals surface area contributed by atoms with Gasteiger partial charge in [-0.1, -0.05) is 50.3 Å². The number of benzene rings is 1. The van der Waals surface area contributed by atoms with Gasteiger partial charge in [-0.15, -0.1) is 6.42 Å². The highest BCUT2D eigenvalue weighted by molar-refractivity contribution is 5.91. The second-order valence-electron chi connectivity index (χ2n) is 10.4. The maximum Gasteiger partial charge on any atom is 0.408 e. The summed E-state index contributed by atoms with van der Waals surface area (Å²) in [7, 11) is 0. The predicted molar refractivity (Wildman–Crippen MR) is 135 cm³/mol. The first kappa shape index (κ1) is 29.0. The quantitative estimate of drug-likeness (QED) is 0.387. The van der Waals surface area contributed by atoms with Crippen molar-refractivity contribution in [2.24, 2.45) is 0 Å². The van der Waals surface area contributed by atoms with E-state index in [2.05, 4.69) is 23.5 Å². The summed E-state index contributed by atoms with van der Waals surface area (Å²) in [6, 6.07) is 6.20. The van der Waals surface area contributed by atoms with Gasteiger partial charge in [-0.25, -0.2) is 4.79 Å². The van der Waals surface area contributed by atoms with E-state index in [-0.39, 0.29) is 18.4 Å². The zero-order valence-corrected chi connectivity index (χ0v) is 21.8. The zero-order valence-electron chi connectivity index (χ0n) is 21.8. The van der Waals surface area contributed by atoms with Crippen molar-refractivity contribution >= 4 is 17.9 Å². The van der Waals surface area contributed by atoms with Crippen LogP contribution in [0, 0.1) is 12.3 Å². The van der Waals surface area contributed by atoms with Gasteiger partial charge >= 0.3 is 6.09 Å². The summed E-state index contributed by atoms with van der Waals surface area (Å²) >= 11 is 0. The monoisotopic (exact) mass is 471 g/mol. The molecule has 0 heterocycles. The van der Waals surface area contributed by atoms with E-state index < -0.39 is 23.3 Å². The first-order chi connectivity index (χ1) is 15.8. The van der Waals surface area contributed by atoms with Gasteiger partial charge in [0, 0.05) is 17.6 Å². The second-order valence-corrected chi connectivity index (χ2v) is 10.4. The Kier molecular flexibility index (Phi) is 11.1. The Bertz CT molecular complexity index is 875. The lowest BCUT2D eigenvalue weighted by Gasteiger charge is -2.34. The van der Waals surface area contributed by atoms with Gasteiger partial charge in [0.05, 0.1) is 0 Å². The molecule has 0 fully saturated rings. The normalized spacial score (nSPS) is 12.3. The molecule has 34 heavy (non-hydrogen) atoms. The smallest absolute Gasteiger partial charge is 0.408 e. The van der Waals surface area contributed by atoms with E-state index in [0.717, 1.165) is 25.7 Å². The average molecular weight is 472 g/mol. The van der Waals surface area contributed by atoms with Crippen LogP contribution in [0.2, 0.25) is 0 Å². The molecule has 0 aliphatic carbocycles. The Morgan fingerprint density at radius 2 is 1.71 bits per heavy atom. The average Bonchev–Trinajstić information content (AvgIpc) is 2.71. The minimum Gasteiger partial charge on any atom is -0.444 e. The molecule has 3 amide bonds. The second kappa shape index (κ2) is 13.0. The summed E-state index contributed by atoms with van der Waals surface area (Å²) < 4.78 is 5.25. The lowest BCUT2D eigenvalue weighted by atomic mass is 9.96. The van der Waals surface area contributed by atoms with E-state index in [9.17, 15) is 14.4 Å². The fraction of sp³-hybridized carbons (Fsp3) is 0.593. The largest absolute Gasteiger partial charge is 0.444 e. The fourth-order valence-electron chi connectivity index (χ4n) is 3.43. The molecular formula is C27H41N3O4. The number of alkyl carbamates (subject to hydrolysis) is 1. The van der Waals surface area contributed by atoms with E-state index in [1.165, 1.54) is 4.90 Å². The number of nitrogens with zero attached hydrogens (tertiary/aromatic N) is 1. The van der Waals surface area contributed by atoms with Crippen molar-refractivity contribution in [3.63, 3.8) is 0 Å². The third kappa shape index (κ3) is 10.3. The van der Waals surface area contributed by atoms with E-state index in [4.69, 9.17) is 11.2 Å². The molecule has 1 unspecified atom stereocenters. The van der Waals surface area contributed by atoms with Gasteiger partial charge in [0.25, 0.3) is 0 Å². The molecule has 1 atom stereocenters. The Morgan fingerprint density at radius 1 is 1.06 bits per heavy atom. The van der Waals surface area contributed by atoms with Gasteiger partial charge in [-0.3, -0.25) is 9.59 Å². The summed E-state index contributed by atoms with van der Waals surface area (Å²) in [5.41, 5.74) is -0.0733. The van der Waals surface area contributed by atoms with Crippen molar-refractivity contribution < 1.29 is 19.1 Å². The number of terminal acetylenes is 1. The number of carbonyl (C=O) groups excluding carboxylic acids is 3. The summed E-state index contributed by atoms with van der Waals surface area (Å²) in [5.74, 6) is 1.92. The van der Waals surface area contributed by atoms with Crippen molar-refractivity contribution in [3.8, 4) is 12.3 Å². The molecule has 188 valence electrons. The number of carbonyl (C=O) groups is 3. The molecule has 1 aromatic rings. The van der Waals surface area contributed by atoms with Gasteiger partial charge < -0.3 is 20.3 Å². The summed E-state index contributed by atoms with van der Waals surface area (Å²) in [6.45, 7) is 13.1. The maximum absolute atomic E-state index is 13.5. The van der Waals surface area contributed by atoms with Crippen molar-refractivity contribution in [2.75, 3.05) is 13.1 Å². The molecule has 0 aliphatic rings. The van der Waals surface area contributed by atoms with Crippen LogP contribution >= 0.6 is 0 Å². The van der Waals surface area contributed by atoms with Gasteiger partial charge in [0.2, 0.25) is 11.8 Å². The van der Waals surface area contributed by atoms with E-state index >= 15 is 0 Å². The van der Waals surface area contributed by atoms with Crippen molar-refractivity contribution in [3.05, 3.63) is 35.4 Å². The molecule has 7 heteroatoms. The Balaban J connectivity index is 3.32. The number of ether oxygens (including phenoxy) is 1. The standard InChI is InChI=1S/C27H41N3O4/c1-9-11-12-15-18-30(22(31)19-28-25(33)34-27(6,7)8)23(24(32)29-26(3,4)5)21-17-14-13-16-20(21)10-2/h2,13-14,16-17,23H,9,11-12,15,18-19H2,1,3-8H3,(H,28,33)(H,29,32). The Hall–Kier alpha value is -3.01. The minimum atomic E-state index is -0.930. The lowest BCUT2D eigenvalue weighted by molar-refractivity contribution is -0.141.